The predicted molar refractivity (Wildman–Crippen MR) is 77.4 cm³/mol. The molecular formula is C13H14BrN3O. The van der Waals surface area contributed by atoms with Crippen LogP contribution in [0.5, 0.6) is 5.75 Å². The first-order valence-corrected chi connectivity index (χ1v) is 6.20. The monoisotopic (exact) mass is 307 g/mol. The molecule has 1 aromatic heterocycles. The van der Waals surface area contributed by atoms with E-state index in [2.05, 4.69) is 20.9 Å². The SMILES string of the molecule is COc1ccccc1N(C)c1ncc(Br)cc1N. The zero-order valence-electron chi connectivity index (χ0n) is 10.2. The van der Waals surface area contributed by atoms with E-state index in [4.69, 9.17) is 10.5 Å². The maximum absolute atomic E-state index is 5.98. The Balaban J connectivity index is 2.44. The average molecular weight is 308 g/mol. The summed E-state index contributed by atoms with van der Waals surface area (Å²) < 4.78 is 6.19. The highest BCUT2D eigenvalue weighted by Gasteiger charge is 2.13. The van der Waals surface area contributed by atoms with Crippen molar-refractivity contribution >= 4 is 33.1 Å². The number of nitrogens with two attached hydrogens (primary N) is 1. The first-order chi connectivity index (χ1) is 8.63. The summed E-state index contributed by atoms with van der Waals surface area (Å²) in [6.45, 7) is 0. The molecule has 1 aromatic carbocycles. The lowest BCUT2D eigenvalue weighted by Gasteiger charge is -2.22. The smallest absolute Gasteiger partial charge is 0.156 e. The fraction of sp³-hybridized carbons (Fsp3) is 0.154. The summed E-state index contributed by atoms with van der Waals surface area (Å²) >= 11 is 3.34. The van der Waals surface area contributed by atoms with Crippen molar-refractivity contribution in [2.45, 2.75) is 0 Å². The number of pyridine rings is 1. The Labute approximate surface area is 115 Å². The predicted octanol–water partition coefficient (Wildman–Crippen LogP) is 3.20. The molecule has 18 heavy (non-hydrogen) atoms. The number of para-hydroxylation sites is 2. The van der Waals surface area contributed by atoms with E-state index in [0.29, 0.717) is 11.5 Å². The van der Waals surface area contributed by atoms with Gasteiger partial charge in [0.15, 0.2) is 5.82 Å². The van der Waals surface area contributed by atoms with Crippen molar-refractivity contribution in [3.05, 3.63) is 41.0 Å². The van der Waals surface area contributed by atoms with E-state index in [9.17, 15) is 0 Å². The van der Waals surface area contributed by atoms with Crippen molar-refractivity contribution in [2.24, 2.45) is 0 Å². The number of rotatable bonds is 3. The van der Waals surface area contributed by atoms with Crippen molar-refractivity contribution in [1.29, 1.82) is 0 Å². The normalized spacial score (nSPS) is 10.2. The van der Waals surface area contributed by atoms with Crippen LogP contribution in [0, 0.1) is 0 Å². The summed E-state index contributed by atoms with van der Waals surface area (Å²) in [5.74, 6) is 1.48. The van der Waals surface area contributed by atoms with Crippen LogP contribution in [-0.2, 0) is 0 Å². The Morgan fingerprint density at radius 2 is 2.06 bits per heavy atom. The number of ether oxygens (including phenoxy) is 1. The molecule has 0 fully saturated rings. The number of halogens is 1. The highest BCUT2D eigenvalue weighted by atomic mass is 79.9. The lowest BCUT2D eigenvalue weighted by Crippen LogP contribution is -2.14. The third-order valence-electron chi connectivity index (χ3n) is 2.63. The molecule has 0 spiro atoms. The Kier molecular flexibility index (Phi) is 3.72. The summed E-state index contributed by atoms with van der Waals surface area (Å²) in [4.78, 5) is 6.23. The van der Waals surface area contributed by atoms with Gasteiger partial charge in [0.2, 0.25) is 0 Å². The molecule has 5 heteroatoms. The molecule has 0 saturated carbocycles. The number of nitrogens with zero attached hydrogens (tertiary/aromatic N) is 2. The van der Waals surface area contributed by atoms with Crippen LogP contribution in [0.2, 0.25) is 0 Å². The van der Waals surface area contributed by atoms with E-state index in [0.717, 1.165) is 15.9 Å². The van der Waals surface area contributed by atoms with Crippen LogP contribution in [0.25, 0.3) is 0 Å². The van der Waals surface area contributed by atoms with Gasteiger partial charge in [0.25, 0.3) is 0 Å². The van der Waals surface area contributed by atoms with Gasteiger partial charge in [-0.15, -0.1) is 0 Å². The van der Waals surface area contributed by atoms with E-state index < -0.39 is 0 Å². The minimum Gasteiger partial charge on any atom is -0.495 e. The van der Waals surface area contributed by atoms with Gasteiger partial charge >= 0.3 is 0 Å². The molecule has 2 rings (SSSR count). The molecule has 0 aliphatic rings. The number of hydrogen-bond donors (Lipinski definition) is 1. The highest BCUT2D eigenvalue weighted by Crippen LogP contribution is 2.34. The first-order valence-electron chi connectivity index (χ1n) is 5.41. The number of benzene rings is 1. The third-order valence-corrected chi connectivity index (χ3v) is 3.06. The van der Waals surface area contributed by atoms with E-state index in [-0.39, 0.29) is 0 Å². The van der Waals surface area contributed by atoms with Gasteiger partial charge in [-0.3, -0.25) is 0 Å². The molecular weight excluding hydrogens is 294 g/mol. The number of aromatic nitrogens is 1. The van der Waals surface area contributed by atoms with Crippen molar-refractivity contribution in [1.82, 2.24) is 4.98 Å². The molecule has 0 amide bonds. The molecule has 1 heterocycles. The van der Waals surface area contributed by atoms with Crippen molar-refractivity contribution in [3.63, 3.8) is 0 Å². The fourth-order valence-corrected chi connectivity index (χ4v) is 2.10. The summed E-state index contributed by atoms with van der Waals surface area (Å²) in [5, 5.41) is 0. The first kappa shape index (κ1) is 12.7. The van der Waals surface area contributed by atoms with Crippen molar-refractivity contribution < 1.29 is 4.74 Å². The Morgan fingerprint density at radius 3 is 2.72 bits per heavy atom. The third kappa shape index (κ3) is 2.41. The standard InChI is InChI=1S/C13H14BrN3O/c1-17(11-5-3-4-6-12(11)18-2)13-10(15)7-9(14)8-16-13/h3-8H,15H2,1-2H3. The van der Waals surface area contributed by atoms with Crippen LogP contribution in [-0.4, -0.2) is 19.1 Å². The molecule has 94 valence electrons. The van der Waals surface area contributed by atoms with Gasteiger partial charge in [-0.1, -0.05) is 12.1 Å². The van der Waals surface area contributed by atoms with E-state index in [1.165, 1.54) is 0 Å². The van der Waals surface area contributed by atoms with Crippen LogP contribution in [0.15, 0.2) is 41.0 Å². The maximum atomic E-state index is 5.98. The quantitative estimate of drug-likeness (QED) is 0.946. The van der Waals surface area contributed by atoms with Gasteiger partial charge in [0.05, 0.1) is 18.5 Å². The number of nitrogen functional groups attached to an aromatic ring is 1. The van der Waals surface area contributed by atoms with E-state index in [1.54, 1.807) is 13.3 Å². The van der Waals surface area contributed by atoms with Gasteiger partial charge in [0.1, 0.15) is 5.75 Å². The second-order valence-electron chi connectivity index (χ2n) is 3.80. The number of anilines is 3. The van der Waals surface area contributed by atoms with E-state index in [1.807, 2.05) is 42.3 Å². The molecule has 0 bridgehead atoms. The van der Waals surface area contributed by atoms with Crippen LogP contribution in [0.1, 0.15) is 0 Å². The van der Waals surface area contributed by atoms with Crippen LogP contribution in [0.4, 0.5) is 17.2 Å². The molecule has 0 radical (unpaired) electrons. The van der Waals surface area contributed by atoms with Crippen molar-refractivity contribution in [3.8, 4) is 5.75 Å². The average Bonchev–Trinajstić information content (AvgIpc) is 2.38. The van der Waals surface area contributed by atoms with Gasteiger partial charge in [-0.25, -0.2) is 4.98 Å². The highest BCUT2D eigenvalue weighted by molar-refractivity contribution is 9.10. The molecule has 2 N–H and O–H groups in total. The lowest BCUT2D eigenvalue weighted by atomic mass is 10.2. The van der Waals surface area contributed by atoms with E-state index >= 15 is 0 Å². The van der Waals surface area contributed by atoms with Crippen LogP contribution < -0.4 is 15.4 Å². The maximum Gasteiger partial charge on any atom is 0.156 e. The van der Waals surface area contributed by atoms with Crippen LogP contribution >= 0.6 is 15.9 Å². The van der Waals surface area contributed by atoms with Crippen LogP contribution in [0.3, 0.4) is 0 Å². The molecule has 0 aliphatic heterocycles. The van der Waals surface area contributed by atoms with Gasteiger partial charge < -0.3 is 15.4 Å². The summed E-state index contributed by atoms with van der Waals surface area (Å²) in [6, 6.07) is 9.56. The summed E-state index contributed by atoms with van der Waals surface area (Å²) in [7, 11) is 3.55. The summed E-state index contributed by atoms with van der Waals surface area (Å²) in [5.41, 5.74) is 7.50. The molecule has 0 saturated heterocycles. The van der Waals surface area contributed by atoms with Crippen molar-refractivity contribution in [2.75, 3.05) is 24.8 Å². The van der Waals surface area contributed by atoms with Gasteiger partial charge in [-0.2, -0.15) is 0 Å². The second-order valence-corrected chi connectivity index (χ2v) is 4.71. The molecule has 4 nitrogen and oxygen atoms in total. The number of methoxy groups -OCH3 is 1. The molecule has 0 unspecified atom stereocenters. The Morgan fingerprint density at radius 1 is 1.33 bits per heavy atom. The molecule has 0 aliphatic carbocycles. The Hall–Kier alpha value is -1.75. The fourth-order valence-electron chi connectivity index (χ4n) is 1.75. The number of hydrogen-bond acceptors (Lipinski definition) is 4. The lowest BCUT2D eigenvalue weighted by molar-refractivity contribution is 0.415. The van der Waals surface area contributed by atoms with Gasteiger partial charge in [-0.05, 0) is 34.1 Å². The zero-order valence-corrected chi connectivity index (χ0v) is 11.8. The molecule has 0 atom stereocenters. The minimum absolute atomic E-state index is 0.609. The van der Waals surface area contributed by atoms with Gasteiger partial charge in [0, 0.05) is 17.7 Å². The molecule has 2 aromatic rings. The zero-order chi connectivity index (χ0) is 13.1. The Bertz CT molecular complexity index is 560. The summed E-state index contributed by atoms with van der Waals surface area (Å²) in [6.07, 6.45) is 1.72. The second kappa shape index (κ2) is 5.27. The minimum atomic E-state index is 0.609. The topological polar surface area (TPSA) is 51.4 Å². The largest absolute Gasteiger partial charge is 0.495 e.